The van der Waals surface area contributed by atoms with Crippen LogP contribution in [0.2, 0.25) is 0 Å². The summed E-state index contributed by atoms with van der Waals surface area (Å²) < 4.78 is 0. The SMILES string of the molecule is CCC1CN(C(=O)NC(=O)C(C)Cl)CCN1C. The van der Waals surface area contributed by atoms with E-state index in [1.807, 2.05) is 0 Å². The maximum atomic E-state index is 11.8. The van der Waals surface area contributed by atoms with Crippen LogP contribution in [0.5, 0.6) is 0 Å². The zero-order valence-corrected chi connectivity index (χ0v) is 11.3. The van der Waals surface area contributed by atoms with E-state index in [0.717, 1.165) is 13.0 Å². The summed E-state index contributed by atoms with van der Waals surface area (Å²) in [4.78, 5) is 27.0. The predicted octanol–water partition coefficient (Wildman–Crippen LogP) is 0.876. The summed E-state index contributed by atoms with van der Waals surface area (Å²) in [6.07, 6.45) is 0.986. The minimum Gasteiger partial charge on any atom is -0.322 e. The highest BCUT2D eigenvalue weighted by molar-refractivity contribution is 6.31. The van der Waals surface area contributed by atoms with Gasteiger partial charge < -0.3 is 4.90 Å². The Morgan fingerprint density at radius 2 is 2.12 bits per heavy atom. The third-order valence-electron chi connectivity index (χ3n) is 3.13. The van der Waals surface area contributed by atoms with Crippen molar-refractivity contribution in [1.82, 2.24) is 15.1 Å². The lowest BCUT2D eigenvalue weighted by molar-refractivity contribution is -0.119. The number of carbonyl (C=O) groups is 2. The fourth-order valence-electron chi connectivity index (χ4n) is 1.86. The van der Waals surface area contributed by atoms with E-state index in [0.29, 0.717) is 19.1 Å². The first-order chi connectivity index (χ1) is 7.95. The second-order valence-electron chi connectivity index (χ2n) is 4.40. The number of piperazine rings is 1. The molecule has 0 aromatic carbocycles. The van der Waals surface area contributed by atoms with Crippen molar-refractivity contribution in [3.63, 3.8) is 0 Å². The first-order valence-corrected chi connectivity index (χ1v) is 6.33. The molecule has 0 aromatic rings. The Morgan fingerprint density at radius 1 is 1.47 bits per heavy atom. The highest BCUT2D eigenvalue weighted by Crippen LogP contribution is 2.10. The summed E-state index contributed by atoms with van der Waals surface area (Å²) >= 11 is 5.60. The molecule has 1 rings (SSSR count). The third kappa shape index (κ3) is 3.85. The van der Waals surface area contributed by atoms with Crippen LogP contribution < -0.4 is 5.32 Å². The Hall–Kier alpha value is -0.810. The van der Waals surface area contributed by atoms with Gasteiger partial charge in [0.15, 0.2) is 0 Å². The fraction of sp³-hybridized carbons (Fsp3) is 0.818. The molecular weight excluding hydrogens is 242 g/mol. The molecule has 1 heterocycles. The monoisotopic (exact) mass is 261 g/mol. The number of urea groups is 1. The van der Waals surface area contributed by atoms with Gasteiger partial charge in [-0.3, -0.25) is 15.0 Å². The molecule has 5 nitrogen and oxygen atoms in total. The largest absolute Gasteiger partial charge is 0.324 e. The molecule has 1 saturated heterocycles. The molecule has 6 heteroatoms. The Kier molecular flexibility index (Phi) is 5.21. The molecule has 1 aliphatic heterocycles. The standard InChI is InChI=1S/C11H20ClN3O2/c1-4-9-7-15(6-5-14(9)3)11(17)13-10(16)8(2)12/h8-9H,4-7H2,1-3H3,(H,13,16,17). The molecule has 1 fully saturated rings. The van der Waals surface area contributed by atoms with Crippen LogP contribution in [0.25, 0.3) is 0 Å². The number of hydrogen-bond donors (Lipinski definition) is 1. The molecular formula is C11H20ClN3O2. The number of nitrogens with one attached hydrogen (secondary N) is 1. The van der Waals surface area contributed by atoms with Gasteiger partial charge in [0, 0.05) is 25.7 Å². The maximum absolute atomic E-state index is 11.8. The summed E-state index contributed by atoms with van der Waals surface area (Å²) in [6.45, 7) is 5.76. The summed E-state index contributed by atoms with van der Waals surface area (Å²) in [5.74, 6) is -0.441. The van der Waals surface area contributed by atoms with Gasteiger partial charge >= 0.3 is 6.03 Å². The second kappa shape index (κ2) is 6.21. The van der Waals surface area contributed by atoms with Crippen molar-refractivity contribution < 1.29 is 9.59 Å². The molecule has 0 spiro atoms. The zero-order valence-electron chi connectivity index (χ0n) is 10.6. The van der Waals surface area contributed by atoms with Crippen molar-refractivity contribution in [1.29, 1.82) is 0 Å². The van der Waals surface area contributed by atoms with Crippen LogP contribution in [0.1, 0.15) is 20.3 Å². The molecule has 0 aromatic heterocycles. The number of halogens is 1. The van der Waals surface area contributed by atoms with Gasteiger partial charge in [-0.1, -0.05) is 6.92 Å². The number of nitrogens with zero attached hydrogens (tertiary/aromatic N) is 2. The Morgan fingerprint density at radius 3 is 2.65 bits per heavy atom. The van der Waals surface area contributed by atoms with E-state index in [2.05, 4.69) is 24.2 Å². The van der Waals surface area contributed by atoms with Gasteiger partial charge in [0.1, 0.15) is 5.38 Å². The average molecular weight is 262 g/mol. The third-order valence-corrected chi connectivity index (χ3v) is 3.33. The molecule has 1 aliphatic rings. The molecule has 0 aliphatic carbocycles. The molecule has 0 saturated carbocycles. The molecule has 0 bridgehead atoms. The number of hydrogen-bond acceptors (Lipinski definition) is 3. The van der Waals surface area contributed by atoms with E-state index in [-0.39, 0.29) is 6.03 Å². The summed E-state index contributed by atoms with van der Waals surface area (Å²) in [6, 6.07) is 0.0204. The molecule has 2 unspecified atom stereocenters. The summed E-state index contributed by atoms with van der Waals surface area (Å²) in [5, 5.41) is 1.62. The van der Waals surface area contributed by atoms with Gasteiger partial charge in [-0.05, 0) is 20.4 Å². The molecule has 98 valence electrons. The lowest BCUT2D eigenvalue weighted by atomic mass is 10.1. The highest BCUT2D eigenvalue weighted by Gasteiger charge is 2.27. The number of carbonyl (C=O) groups excluding carboxylic acids is 2. The van der Waals surface area contributed by atoms with E-state index in [9.17, 15) is 9.59 Å². The van der Waals surface area contributed by atoms with Crippen LogP contribution in [0.3, 0.4) is 0 Å². The first kappa shape index (κ1) is 14.3. The number of likely N-dealkylation sites (N-methyl/N-ethyl adjacent to an activating group) is 1. The minimum absolute atomic E-state index is 0.339. The van der Waals surface area contributed by atoms with E-state index < -0.39 is 11.3 Å². The van der Waals surface area contributed by atoms with E-state index >= 15 is 0 Å². The highest BCUT2D eigenvalue weighted by atomic mass is 35.5. The average Bonchev–Trinajstić information content (AvgIpc) is 2.29. The van der Waals surface area contributed by atoms with Crippen molar-refractivity contribution in [3.8, 4) is 0 Å². The number of alkyl halides is 1. The van der Waals surface area contributed by atoms with Crippen molar-refractivity contribution in [3.05, 3.63) is 0 Å². The Bertz CT molecular complexity index is 296. The van der Waals surface area contributed by atoms with Crippen LogP contribution in [0.4, 0.5) is 4.79 Å². The fourth-order valence-corrected chi connectivity index (χ4v) is 1.91. The van der Waals surface area contributed by atoms with Gasteiger partial charge in [0.2, 0.25) is 5.91 Å². The lowest BCUT2D eigenvalue weighted by Crippen LogP contribution is -2.56. The summed E-state index contributed by atoms with van der Waals surface area (Å²) in [5.41, 5.74) is 0. The number of amides is 3. The smallest absolute Gasteiger partial charge is 0.322 e. The zero-order chi connectivity index (χ0) is 13.0. The number of imide groups is 1. The van der Waals surface area contributed by atoms with Crippen molar-refractivity contribution in [2.45, 2.75) is 31.7 Å². The molecule has 0 radical (unpaired) electrons. The molecule has 3 amide bonds. The van der Waals surface area contributed by atoms with Gasteiger partial charge in [0.05, 0.1) is 0 Å². The van der Waals surface area contributed by atoms with Gasteiger partial charge in [-0.2, -0.15) is 0 Å². The minimum atomic E-state index is -0.687. The normalized spacial score (nSPS) is 23.3. The van der Waals surface area contributed by atoms with Crippen molar-refractivity contribution in [2.24, 2.45) is 0 Å². The van der Waals surface area contributed by atoms with Crippen LogP contribution in [-0.2, 0) is 4.79 Å². The lowest BCUT2D eigenvalue weighted by Gasteiger charge is -2.38. The Balaban J connectivity index is 2.50. The molecule has 2 atom stereocenters. The topological polar surface area (TPSA) is 52.7 Å². The first-order valence-electron chi connectivity index (χ1n) is 5.89. The van der Waals surface area contributed by atoms with Crippen LogP contribution in [-0.4, -0.2) is 59.8 Å². The Labute approximate surface area is 107 Å². The van der Waals surface area contributed by atoms with E-state index in [1.165, 1.54) is 0 Å². The van der Waals surface area contributed by atoms with Gasteiger partial charge in [0.25, 0.3) is 0 Å². The van der Waals surface area contributed by atoms with Crippen LogP contribution in [0.15, 0.2) is 0 Å². The van der Waals surface area contributed by atoms with Crippen LogP contribution >= 0.6 is 11.6 Å². The number of rotatable bonds is 2. The van der Waals surface area contributed by atoms with E-state index in [1.54, 1.807) is 11.8 Å². The second-order valence-corrected chi connectivity index (χ2v) is 5.05. The van der Waals surface area contributed by atoms with Crippen molar-refractivity contribution in [2.75, 3.05) is 26.7 Å². The predicted molar refractivity (Wildman–Crippen MR) is 67.1 cm³/mol. The van der Waals surface area contributed by atoms with Crippen LogP contribution in [0, 0.1) is 0 Å². The van der Waals surface area contributed by atoms with Gasteiger partial charge in [-0.25, -0.2) is 4.79 Å². The molecule has 17 heavy (non-hydrogen) atoms. The quantitative estimate of drug-likeness (QED) is 0.751. The van der Waals surface area contributed by atoms with Gasteiger partial charge in [-0.15, -0.1) is 11.6 Å². The van der Waals surface area contributed by atoms with Crippen molar-refractivity contribution >= 4 is 23.5 Å². The van der Waals surface area contributed by atoms with E-state index in [4.69, 9.17) is 11.6 Å². The summed E-state index contributed by atoms with van der Waals surface area (Å²) in [7, 11) is 2.05. The molecule has 1 N–H and O–H groups in total. The maximum Gasteiger partial charge on any atom is 0.324 e.